The van der Waals surface area contributed by atoms with Crippen LogP contribution in [0.2, 0.25) is 0 Å². The molecule has 0 bridgehead atoms. The molecule has 27 heavy (non-hydrogen) atoms. The first-order chi connectivity index (χ1) is 12.5. The van der Waals surface area contributed by atoms with E-state index in [2.05, 4.69) is 15.0 Å². The maximum atomic E-state index is 5.84. The number of nitrogens with zero attached hydrogens (tertiary/aromatic N) is 4. The van der Waals surface area contributed by atoms with E-state index in [0.717, 1.165) is 11.3 Å². The van der Waals surface area contributed by atoms with Crippen molar-refractivity contribution < 1.29 is 0 Å². The highest BCUT2D eigenvalue weighted by atomic mass is 35.6. The Morgan fingerprint density at radius 1 is 0.741 bits per heavy atom. The third-order valence-corrected chi connectivity index (χ3v) is 4.23. The Hall–Kier alpha value is -0.750. The molecule has 0 atom stereocenters. The van der Waals surface area contributed by atoms with E-state index in [0.29, 0.717) is 0 Å². The summed E-state index contributed by atoms with van der Waals surface area (Å²) in [5.41, 5.74) is 2.15. The molecule has 0 unspecified atom stereocenters. The van der Waals surface area contributed by atoms with Gasteiger partial charge in [0, 0.05) is 19.8 Å². The second-order valence-electron chi connectivity index (χ2n) is 5.54. The molecule has 0 N–H and O–H groups in total. The van der Waals surface area contributed by atoms with E-state index in [1.807, 2.05) is 55.4 Å². The summed E-state index contributed by atoms with van der Waals surface area (Å²) in [5, 5.41) is 0. The van der Waals surface area contributed by atoms with E-state index in [1.165, 1.54) is 0 Å². The summed E-state index contributed by atoms with van der Waals surface area (Å²) in [6.45, 7) is 0. The summed E-state index contributed by atoms with van der Waals surface area (Å²) >= 11 is 35.0. The first-order valence-electron chi connectivity index (χ1n) is 7.49. The standard InChI is InChI=1S/C17H14Cl6N4/c1-27(2)12-9-7-11(8-10-12)5-3-4-6-13-24-14(16(18,19)20)26-15(25-13)17(21,22)23/h3-10H,1-2H3/b5-3+,6-4+. The van der Waals surface area contributed by atoms with E-state index in [9.17, 15) is 0 Å². The minimum absolute atomic E-state index is 0.133. The van der Waals surface area contributed by atoms with Crippen LogP contribution < -0.4 is 4.90 Å². The summed E-state index contributed by atoms with van der Waals surface area (Å²) < 4.78 is -3.75. The molecule has 0 fully saturated rings. The van der Waals surface area contributed by atoms with Crippen molar-refractivity contribution >= 4 is 87.4 Å². The molecule has 2 aromatic rings. The van der Waals surface area contributed by atoms with Gasteiger partial charge >= 0.3 is 0 Å². The first kappa shape index (κ1) is 22.5. The van der Waals surface area contributed by atoms with Gasteiger partial charge in [-0.3, -0.25) is 0 Å². The summed E-state index contributed by atoms with van der Waals surface area (Å²) in [6.07, 6.45) is 7.05. The molecule has 1 heterocycles. The van der Waals surface area contributed by atoms with Crippen LogP contribution in [-0.4, -0.2) is 29.0 Å². The molecule has 144 valence electrons. The lowest BCUT2D eigenvalue weighted by molar-refractivity contribution is 0.835. The predicted molar refractivity (Wildman–Crippen MR) is 117 cm³/mol. The van der Waals surface area contributed by atoms with Gasteiger partial charge in [0.2, 0.25) is 7.59 Å². The maximum absolute atomic E-state index is 5.84. The third-order valence-electron chi connectivity index (χ3n) is 3.21. The number of allylic oxidation sites excluding steroid dienone is 2. The fourth-order valence-corrected chi connectivity index (χ4v) is 2.42. The number of halogens is 6. The van der Waals surface area contributed by atoms with Crippen molar-refractivity contribution in [3.63, 3.8) is 0 Å². The van der Waals surface area contributed by atoms with Crippen LogP contribution in [0.4, 0.5) is 5.69 Å². The van der Waals surface area contributed by atoms with Crippen LogP contribution in [0, 0.1) is 0 Å². The second-order valence-corrected chi connectivity index (χ2v) is 10.1. The Labute approximate surface area is 187 Å². The van der Waals surface area contributed by atoms with Gasteiger partial charge in [0.1, 0.15) is 0 Å². The van der Waals surface area contributed by atoms with Gasteiger partial charge in [0.25, 0.3) is 0 Å². The summed E-state index contributed by atoms with van der Waals surface area (Å²) in [7, 11) is 3.97. The topological polar surface area (TPSA) is 41.9 Å². The average molecular weight is 487 g/mol. The van der Waals surface area contributed by atoms with Crippen molar-refractivity contribution in [1.29, 1.82) is 0 Å². The highest BCUT2D eigenvalue weighted by molar-refractivity contribution is 6.67. The molecule has 10 heteroatoms. The van der Waals surface area contributed by atoms with Crippen molar-refractivity contribution in [2.24, 2.45) is 0 Å². The minimum atomic E-state index is -1.87. The number of rotatable bonds is 4. The van der Waals surface area contributed by atoms with Gasteiger partial charge in [0.15, 0.2) is 17.5 Å². The van der Waals surface area contributed by atoms with Crippen molar-refractivity contribution in [3.8, 4) is 0 Å². The summed E-state index contributed by atoms with van der Waals surface area (Å²) in [4.78, 5) is 14.1. The van der Waals surface area contributed by atoms with Gasteiger partial charge in [-0.05, 0) is 23.8 Å². The zero-order chi connectivity index (χ0) is 20.2. The Bertz CT molecular complexity index is 804. The van der Waals surface area contributed by atoms with Gasteiger partial charge in [-0.15, -0.1) is 0 Å². The molecular weight excluding hydrogens is 473 g/mol. The lowest BCUT2D eigenvalue weighted by Crippen LogP contribution is -2.16. The van der Waals surface area contributed by atoms with Crippen molar-refractivity contribution in [3.05, 3.63) is 59.5 Å². The number of hydrogen-bond donors (Lipinski definition) is 0. The highest BCUT2D eigenvalue weighted by Gasteiger charge is 2.33. The van der Waals surface area contributed by atoms with Gasteiger partial charge in [0.05, 0.1) is 0 Å². The predicted octanol–water partition coefficient (Wildman–Crippen LogP) is 6.32. The van der Waals surface area contributed by atoms with Crippen LogP contribution in [0.15, 0.2) is 36.4 Å². The molecule has 0 aliphatic rings. The number of benzene rings is 1. The van der Waals surface area contributed by atoms with Crippen LogP contribution in [0.5, 0.6) is 0 Å². The Kier molecular flexibility index (Phi) is 7.65. The van der Waals surface area contributed by atoms with E-state index >= 15 is 0 Å². The molecule has 1 aromatic heterocycles. The highest BCUT2D eigenvalue weighted by Crippen LogP contribution is 2.39. The van der Waals surface area contributed by atoms with E-state index in [-0.39, 0.29) is 17.5 Å². The van der Waals surface area contributed by atoms with Crippen molar-refractivity contribution in [2.45, 2.75) is 7.59 Å². The maximum Gasteiger partial charge on any atom is 0.250 e. The minimum Gasteiger partial charge on any atom is -0.378 e. The molecule has 0 amide bonds. The van der Waals surface area contributed by atoms with Gasteiger partial charge in [-0.1, -0.05) is 100.0 Å². The number of aromatic nitrogens is 3. The summed E-state index contributed by atoms with van der Waals surface area (Å²) in [5.74, 6) is -0.0706. The van der Waals surface area contributed by atoms with Gasteiger partial charge < -0.3 is 4.90 Å². The van der Waals surface area contributed by atoms with Crippen molar-refractivity contribution in [1.82, 2.24) is 15.0 Å². The molecule has 0 aliphatic carbocycles. The quantitative estimate of drug-likeness (QED) is 0.374. The van der Waals surface area contributed by atoms with Gasteiger partial charge in [-0.2, -0.15) is 0 Å². The SMILES string of the molecule is CN(C)c1ccc(/C=C/C=C/c2nc(C(Cl)(Cl)Cl)nc(C(Cl)(Cl)Cl)n2)cc1. The van der Waals surface area contributed by atoms with Crippen LogP contribution in [-0.2, 0) is 7.59 Å². The van der Waals surface area contributed by atoms with E-state index in [4.69, 9.17) is 69.6 Å². The van der Waals surface area contributed by atoms with Crippen molar-refractivity contribution in [2.75, 3.05) is 19.0 Å². The molecule has 4 nitrogen and oxygen atoms in total. The zero-order valence-electron chi connectivity index (χ0n) is 14.2. The lowest BCUT2D eigenvalue weighted by atomic mass is 10.2. The average Bonchev–Trinajstić information content (AvgIpc) is 2.57. The zero-order valence-corrected chi connectivity index (χ0v) is 18.7. The molecule has 0 spiro atoms. The molecule has 0 radical (unpaired) electrons. The Balaban J connectivity index is 2.22. The fourth-order valence-electron chi connectivity index (χ4n) is 1.91. The van der Waals surface area contributed by atoms with E-state index in [1.54, 1.807) is 12.2 Å². The first-order valence-corrected chi connectivity index (χ1v) is 9.76. The lowest BCUT2D eigenvalue weighted by Gasteiger charge is -2.14. The summed E-state index contributed by atoms with van der Waals surface area (Å²) in [6, 6.07) is 8.06. The Morgan fingerprint density at radius 3 is 1.67 bits per heavy atom. The monoisotopic (exact) mass is 484 g/mol. The Morgan fingerprint density at radius 2 is 1.22 bits per heavy atom. The van der Waals surface area contributed by atoms with Crippen LogP contribution in [0.1, 0.15) is 23.0 Å². The smallest absolute Gasteiger partial charge is 0.250 e. The number of anilines is 1. The molecule has 0 saturated carbocycles. The molecule has 1 aromatic carbocycles. The van der Waals surface area contributed by atoms with Crippen LogP contribution in [0.3, 0.4) is 0 Å². The number of alkyl halides is 6. The third kappa shape index (κ3) is 6.97. The second kappa shape index (κ2) is 9.17. The molecular formula is C17H14Cl6N4. The fraction of sp³-hybridized carbons (Fsp3) is 0.235. The van der Waals surface area contributed by atoms with Crippen LogP contribution >= 0.6 is 69.6 Å². The van der Waals surface area contributed by atoms with Gasteiger partial charge in [-0.25, -0.2) is 15.0 Å². The molecule has 0 saturated heterocycles. The largest absolute Gasteiger partial charge is 0.378 e. The number of hydrogen-bond acceptors (Lipinski definition) is 4. The molecule has 0 aliphatic heterocycles. The molecule has 2 rings (SSSR count). The normalized spacial score (nSPS) is 12.9. The van der Waals surface area contributed by atoms with Crippen LogP contribution in [0.25, 0.3) is 12.2 Å². The van der Waals surface area contributed by atoms with E-state index < -0.39 is 7.59 Å².